The normalized spacial score (nSPS) is 16.4. The van der Waals surface area contributed by atoms with Crippen LogP contribution in [0.5, 0.6) is 0 Å². The second kappa shape index (κ2) is 5.55. The Morgan fingerprint density at radius 3 is 2.72 bits per heavy atom. The van der Waals surface area contributed by atoms with Gasteiger partial charge in [0.2, 0.25) is 0 Å². The average molecular weight is 248 g/mol. The molecule has 0 radical (unpaired) electrons. The second-order valence-electron chi connectivity index (χ2n) is 5.22. The molecule has 4 heteroatoms. The van der Waals surface area contributed by atoms with Crippen LogP contribution in [0.25, 0.3) is 0 Å². The van der Waals surface area contributed by atoms with Crippen LogP contribution in [0.4, 0.5) is 11.6 Å². The van der Waals surface area contributed by atoms with Gasteiger partial charge in [0, 0.05) is 32.6 Å². The molecule has 1 unspecified atom stereocenters. The first-order chi connectivity index (χ1) is 8.65. The summed E-state index contributed by atoms with van der Waals surface area (Å²) in [5.41, 5.74) is 0. The monoisotopic (exact) mass is 248 g/mol. The number of nitrogens with one attached hydrogen (secondary N) is 1. The van der Waals surface area contributed by atoms with E-state index >= 15 is 0 Å². The predicted molar refractivity (Wildman–Crippen MR) is 76.2 cm³/mol. The van der Waals surface area contributed by atoms with Gasteiger partial charge < -0.3 is 10.2 Å². The van der Waals surface area contributed by atoms with Gasteiger partial charge in [-0.1, -0.05) is 6.92 Å². The highest BCUT2D eigenvalue weighted by atomic mass is 15.2. The Morgan fingerprint density at radius 2 is 2.17 bits per heavy atom. The molecular weight excluding hydrogens is 224 g/mol. The molecule has 1 heterocycles. The van der Waals surface area contributed by atoms with E-state index in [-0.39, 0.29) is 0 Å². The van der Waals surface area contributed by atoms with Gasteiger partial charge in [-0.05, 0) is 32.1 Å². The fourth-order valence-corrected chi connectivity index (χ4v) is 2.23. The minimum atomic E-state index is 0.569. The van der Waals surface area contributed by atoms with Crippen LogP contribution in [0, 0.1) is 5.92 Å². The van der Waals surface area contributed by atoms with Crippen LogP contribution < -0.4 is 10.2 Å². The van der Waals surface area contributed by atoms with Crippen LogP contribution in [0.2, 0.25) is 0 Å². The van der Waals surface area contributed by atoms with E-state index < -0.39 is 0 Å². The van der Waals surface area contributed by atoms with Crippen molar-refractivity contribution in [2.45, 2.75) is 45.6 Å². The van der Waals surface area contributed by atoms with E-state index in [1.807, 2.05) is 13.1 Å². The molecule has 1 aliphatic carbocycles. The largest absolute Gasteiger partial charge is 0.373 e. The maximum Gasteiger partial charge on any atom is 0.134 e. The number of nitrogens with zero attached hydrogens (tertiary/aromatic N) is 3. The lowest BCUT2D eigenvalue weighted by Gasteiger charge is -2.26. The zero-order valence-corrected chi connectivity index (χ0v) is 11.9. The van der Waals surface area contributed by atoms with Crippen molar-refractivity contribution in [1.82, 2.24) is 9.97 Å². The quantitative estimate of drug-likeness (QED) is 0.840. The molecule has 0 bridgehead atoms. The van der Waals surface area contributed by atoms with E-state index in [0.717, 1.165) is 36.2 Å². The third-order valence-corrected chi connectivity index (χ3v) is 3.77. The maximum absolute atomic E-state index is 4.68. The minimum absolute atomic E-state index is 0.569. The molecule has 0 amide bonds. The van der Waals surface area contributed by atoms with Crippen LogP contribution in [0.3, 0.4) is 0 Å². The SMILES string of the molecule is CCCc1nc(NC)cc(N(C)C(C)C2CC2)n1. The highest BCUT2D eigenvalue weighted by Crippen LogP contribution is 2.36. The maximum atomic E-state index is 4.68. The van der Waals surface area contributed by atoms with Crippen molar-refractivity contribution in [2.75, 3.05) is 24.3 Å². The zero-order valence-electron chi connectivity index (χ0n) is 11.9. The molecule has 100 valence electrons. The highest BCUT2D eigenvalue weighted by Gasteiger charge is 2.31. The zero-order chi connectivity index (χ0) is 13.1. The van der Waals surface area contributed by atoms with Gasteiger partial charge in [-0.15, -0.1) is 0 Å². The summed E-state index contributed by atoms with van der Waals surface area (Å²) >= 11 is 0. The lowest BCUT2D eigenvalue weighted by Crippen LogP contribution is -2.31. The van der Waals surface area contributed by atoms with E-state index in [0.29, 0.717) is 6.04 Å². The van der Waals surface area contributed by atoms with Gasteiger partial charge in [0.05, 0.1) is 0 Å². The van der Waals surface area contributed by atoms with E-state index in [1.165, 1.54) is 12.8 Å². The molecule has 1 aliphatic rings. The van der Waals surface area contributed by atoms with Crippen LogP contribution in [-0.2, 0) is 6.42 Å². The number of hydrogen-bond donors (Lipinski definition) is 1. The third-order valence-electron chi connectivity index (χ3n) is 3.77. The van der Waals surface area contributed by atoms with Crippen molar-refractivity contribution in [3.8, 4) is 0 Å². The Kier molecular flexibility index (Phi) is 4.04. The summed E-state index contributed by atoms with van der Waals surface area (Å²) < 4.78 is 0. The molecule has 2 rings (SSSR count). The summed E-state index contributed by atoms with van der Waals surface area (Å²) in [5, 5.41) is 3.13. The molecule has 4 nitrogen and oxygen atoms in total. The molecule has 1 aromatic rings. The molecule has 1 atom stereocenters. The highest BCUT2D eigenvalue weighted by molar-refractivity contribution is 5.49. The van der Waals surface area contributed by atoms with Crippen molar-refractivity contribution < 1.29 is 0 Å². The number of aryl methyl sites for hydroxylation is 1. The number of anilines is 2. The molecular formula is C14H24N4. The fourth-order valence-electron chi connectivity index (χ4n) is 2.23. The summed E-state index contributed by atoms with van der Waals surface area (Å²) in [4.78, 5) is 11.5. The van der Waals surface area contributed by atoms with Gasteiger partial charge in [0.25, 0.3) is 0 Å². The fraction of sp³-hybridized carbons (Fsp3) is 0.714. The van der Waals surface area contributed by atoms with Crippen molar-refractivity contribution in [1.29, 1.82) is 0 Å². The van der Waals surface area contributed by atoms with E-state index in [4.69, 9.17) is 0 Å². The Bertz CT molecular complexity index is 401. The summed E-state index contributed by atoms with van der Waals surface area (Å²) in [6.45, 7) is 4.45. The molecule has 1 aromatic heterocycles. The Balaban J connectivity index is 2.21. The second-order valence-corrected chi connectivity index (χ2v) is 5.22. The molecule has 0 saturated heterocycles. The predicted octanol–water partition coefficient (Wildman–Crippen LogP) is 2.71. The Hall–Kier alpha value is -1.32. The molecule has 0 spiro atoms. The van der Waals surface area contributed by atoms with Crippen LogP contribution >= 0.6 is 0 Å². The summed E-state index contributed by atoms with van der Waals surface area (Å²) in [6.07, 6.45) is 4.73. The van der Waals surface area contributed by atoms with Gasteiger partial charge in [-0.25, -0.2) is 9.97 Å². The van der Waals surface area contributed by atoms with E-state index in [1.54, 1.807) is 0 Å². The van der Waals surface area contributed by atoms with Gasteiger partial charge in [-0.2, -0.15) is 0 Å². The standard InChI is InChI=1S/C14H24N4/c1-5-6-12-16-13(15-3)9-14(17-12)18(4)10(2)11-7-8-11/h9-11H,5-8H2,1-4H3,(H,15,16,17). The van der Waals surface area contributed by atoms with Gasteiger partial charge in [-0.3, -0.25) is 0 Å². The van der Waals surface area contributed by atoms with Crippen LogP contribution in [-0.4, -0.2) is 30.1 Å². The van der Waals surface area contributed by atoms with Crippen molar-refractivity contribution >= 4 is 11.6 Å². The van der Waals surface area contributed by atoms with Gasteiger partial charge in [0.15, 0.2) is 0 Å². The van der Waals surface area contributed by atoms with Gasteiger partial charge in [0.1, 0.15) is 17.5 Å². The topological polar surface area (TPSA) is 41.1 Å². The number of aromatic nitrogens is 2. The first kappa shape index (κ1) is 13.1. The van der Waals surface area contributed by atoms with E-state index in [9.17, 15) is 0 Å². The smallest absolute Gasteiger partial charge is 0.134 e. The number of hydrogen-bond acceptors (Lipinski definition) is 4. The first-order valence-electron chi connectivity index (χ1n) is 6.94. The van der Waals surface area contributed by atoms with Crippen LogP contribution in [0.1, 0.15) is 38.9 Å². The van der Waals surface area contributed by atoms with Crippen LogP contribution in [0.15, 0.2) is 6.07 Å². The molecule has 1 N–H and O–H groups in total. The molecule has 18 heavy (non-hydrogen) atoms. The molecule has 1 fully saturated rings. The minimum Gasteiger partial charge on any atom is -0.373 e. The van der Waals surface area contributed by atoms with Gasteiger partial charge >= 0.3 is 0 Å². The van der Waals surface area contributed by atoms with Crippen molar-refractivity contribution in [2.24, 2.45) is 5.92 Å². The summed E-state index contributed by atoms with van der Waals surface area (Å²) in [5.74, 6) is 3.74. The Labute approximate surface area is 110 Å². The first-order valence-corrected chi connectivity index (χ1v) is 6.94. The average Bonchev–Trinajstić information content (AvgIpc) is 3.21. The Morgan fingerprint density at radius 1 is 1.44 bits per heavy atom. The van der Waals surface area contributed by atoms with Crippen molar-refractivity contribution in [3.05, 3.63) is 11.9 Å². The molecule has 0 aliphatic heterocycles. The summed E-state index contributed by atoms with van der Waals surface area (Å²) in [7, 11) is 4.05. The molecule has 1 saturated carbocycles. The molecule has 0 aromatic carbocycles. The third kappa shape index (κ3) is 2.92. The van der Waals surface area contributed by atoms with Crippen molar-refractivity contribution in [3.63, 3.8) is 0 Å². The van der Waals surface area contributed by atoms with E-state index in [2.05, 4.69) is 41.1 Å². The lowest BCUT2D eigenvalue weighted by molar-refractivity contribution is 0.602. The lowest BCUT2D eigenvalue weighted by atomic mass is 10.2. The number of rotatable bonds is 6. The summed E-state index contributed by atoms with van der Waals surface area (Å²) in [6, 6.07) is 2.61.